The Morgan fingerprint density at radius 2 is 1.78 bits per heavy atom. The molecule has 0 fully saturated rings. The zero-order valence-electron chi connectivity index (χ0n) is 14.6. The second kappa shape index (κ2) is 10.3. The molecule has 0 aliphatic carbocycles. The molecule has 23 heavy (non-hydrogen) atoms. The molecule has 1 heterocycles. The summed E-state index contributed by atoms with van der Waals surface area (Å²) in [5.74, 6) is -0.0961. The van der Waals surface area contributed by atoms with E-state index in [1.54, 1.807) is 17.3 Å². The van der Waals surface area contributed by atoms with Gasteiger partial charge in [0.15, 0.2) is 6.29 Å². The first kappa shape index (κ1) is 19.5. The van der Waals surface area contributed by atoms with Crippen LogP contribution in [0.15, 0.2) is 24.5 Å². The molecule has 6 heteroatoms. The lowest BCUT2D eigenvalue weighted by molar-refractivity contribution is -0.162. The number of pyridine rings is 1. The number of ether oxygens (including phenoxy) is 2. The van der Waals surface area contributed by atoms with Gasteiger partial charge in [-0.15, -0.1) is 0 Å². The van der Waals surface area contributed by atoms with E-state index in [-0.39, 0.29) is 11.9 Å². The molecule has 0 aliphatic rings. The van der Waals surface area contributed by atoms with Gasteiger partial charge in [0.05, 0.1) is 12.6 Å². The first-order valence-corrected chi connectivity index (χ1v) is 8.17. The van der Waals surface area contributed by atoms with Crippen LogP contribution in [0.25, 0.3) is 0 Å². The van der Waals surface area contributed by atoms with Gasteiger partial charge in [0, 0.05) is 31.6 Å². The Morgan fingerprint density at radius 1 is 1.22 bits per heavy atom. The van der Waals surface area contributed by atoms with E-state index >= 15 is 0 Å². The van der Waals surface area contributed by atoms with E-state index in [9.17, 15) is 4.79 Å². The monoisotopic (exact) mass is 323 g/mol. The maximum absolute atomic E-state index is 12.7. The van der Waals surface area contributed by atoms with Gasteiger partial charge in [0.1, 0.15) is 0 Å². The molecular formula is C17H29N3O3. The van der Waals surface area contributed by atoms with Crippen molar-refractivity contribution in [3.8, 4) is 0 Å². The molecular weight excluding hydrogens is 294 g/mol. The van der Waals surface area contributed by atoms with Crippen LogP contribution in [0.1, 0.15) is 33.3 Å². The number of amides is 1. The Labute approximate surface area is 139 Å². The average Bonchev–Trinajstić information content (AvgIpc) is 2.53. The molecule has 0 bridgehead atoms. The van der Waals surface area contributed by atoms with E-state index in [0.29, 0.717) is 26.2 Å². The van der Waals surface area contributed by atoms with Crippen molar-refractivity contribution in [3.63, 3.8) is 0 Å². The third-order valence-corrected chi connectivity index (χ3v) is 3.48. The Bertz CT molecular complexity index is 448. The number of nitrogens with zero attached hydrogens (tertiary/aromatic N) is 2. The summed E-state index contributed by atoms with van der Waals surface area (Å²) in [6.07, 6.45) is 3.46. The van der Waals surface area contributed by atoms with Crippen LogP contribution in [0.5, 0.6) is 0 Å². The number of carbonyl (C=O) groups excluding carboxylic acids is 1. The van der Waals surface area contributed by atoms with Crippen molar-refractivity contribution in [1.29, 1.82) is 0 Å². The maximum atomic E-state index is 12.7. The van der Waals surface area contributed by atoms with Crippen molar-refractivity contribution in [1.82, 2.24) is 9.88 Å². The number of aromatic nitrogens is 1. The number of hydrogen-bond acceptors (Lipinski definition) is 5. The van der Waals surface area contributed by atoms with Gasteiger partial charge in [-0.2, -0.15) is 0 Å². The van der Waals surface area contributed by atoms with Gasteiger partial charge >= 0.3 is 0 Å². The summed E-state index contributed by atoms with van der Waals surface area (Å²) in [7, 11) is 0. The van der Waals surface area contributed by atoms with E-state index in [4.69, 9.17) is 15.2 Å². The molecule has 0 radical (unpaired) electrons. The average molecular weight is 323 g/mol. The zero-order valence-corrected chi connectivity index (χ0v) is 14.6. The first-order chi connectivity index (χ1) is 11.0. The molecule has 6 nitrogen and oxygen atoms in total. The molecule has 0 saturated carbocycles. The van der Waals surface area contributed by atoms with Crippen molar-refractivity contribution in [2.24, 2.45) is 5.73 Å². The van der Waals surface area contributed by atoms with Crippen molar-refractivity contribution in [2.45, 2.75) is 52.5 Å². The van der Waals surface area contributed by atoms with Crippen molar-refractivity contribution in [2.75, 3.05) is 19.8 Å². The molecule has 130 valence electrons. The van der Waals surface area contributed by atoms with Gasteiger partial charge in [-0.3, -0.25) is 9.78 Å². The fraction of sp³-hybridized carbons (Fsp3) is 0.647. The standard InChI is InChI=1S/C17H29N3O3/c1-5-22-16(23-6-2)12-20(13(3)4)17(21)15(18)11-14-7-9-19-10-8-14/h7-10,13,15-16H,5-6,11-12,18H2,1-4H3. The van der Waals surface area contributed by atoms with Gasteiger partial charge in [-0.25, -0.2) is 0 Å². The first-order valence-electron chi connectivity index (χ1n) is 8.17. The fourth-order valence-electron chi connectivity index (χ4n) is 2.31. The molecule has 0 saturated heterocycles. The lowest BCUT2D eigenvalue weighted by Crippen LogP contribution is -2.51. The molecule has 1 aromatic heterocycles. The Hall–Kier alpha value is -1.50. The fourth-order valence-corrected chi connectivity index (χ4v) is 2.31. The van der Waals surface area contributed by atoms with Crippen molar-refractivity contribution in [3.05, 3.63) is 30.1 Å². The predicted octanol–water partition coefficient (Wildman–Crippen LogP) is 1.59. The SMILES string of the molecule is CCOC(CN(C(=O)C(N)Cc1ccncc1)C(C)C)OCC. The molecule has 1 amide bonds. The molecule has 0 spiro atoms. The molecule has 0 aliphatic heterocycles. The molecule has 0 aromatic carbocycles. The van der Waals surface area contributed by atoms with Crippen LogP contribution in [0, 0.1) is 0 Å². The van der Waals surface area contributed by atoms with Crippen LogP contribution in [0.2, 0.25) is 0 Å². The van der Waals surface area contributed by atoms with Gasteiger partial charge in [-0.1, -0.05) is 0 Å². The normalized spacial score (nSPS) is 12.7. The molecule has 1 unspecified atom stereocenters. The van der Waals surface area contributed by atoms with Crippen LogP contribution in [0.4, 0.5) is 0 Å². The second-order valence-electron chi connectivity index (χ2n) is 5.59. The highest BCUT2D eigenvalue weighted by molar-refractivity contribution is 5.82. The van der Waals surface area contributed by atoms with Crippen LogP contribution >= 0.6 is 0 Å². The summed E-state index contributed by atoms with van der Waals surface area (Å²) in [6, 6.07) is 3.17. The molecule has 1 aromatic rings. The summed E-state index contributed by atoms with van der Waals surface area (Å²) in [5.41, 5.74) is 7.11. The highest BCUT2D eigenvalue weighted by Crippen LogP contribution is 2.09. The van der Waals surface area contributed by atoms with Gasteiger partial charge in [-0.05, 0) is 51.8 Å². The number of hydrogen-bond donors (Lipinski definition) is 1. The summed E-state index contributed by atoms with van der Waals surface area (Å²) in [4.78, 5) is 18.4. The topological polar surface area (TPSA) is 77.7 Å². The number of rotatable bonds is 10. The quantitative estimate of drug-likeness (QED) is 0.662. The Morgan fingerprint density at radius 3 is 2.26 bits per heavy atom. The van der Waals surface area contributed by atoms with Crippen molar-refractivity contribution < 1.29 is 14.3 Å². The zero-order chi connectivity index (χ0) is 17.2. The lowest BCUT2D eigenvalue weighted by Gasteiger charge is -2.32. The largest absolute Gasteiger partial charge is 0.351 e. The molecule has 1 atom stereocenters. The minimum absolute atomic E-state index is 0.0226. The Kier molecular flexibility index (Phi) is 8.76. The molecule has 1 rings (SSSR count). The minimum atomic E-state index is -0.594. The van der Waals surface area contributed by atoms with Crippen LogP contribution in [-0.4, -0.2) is 53.9 Å². The number of carbonyl (C=O) groups is 1. The third-order valence-electron chi connectivity index (χ3n) is 3.48. The number of nitrogens with two attached hydrogens (primary N) is 1. The smallest absolute Gasteiger partial charge is 0.240 e. The summed E-state index contributed by atoms with van der Waals surface area (Å²) in [6.45, 7) is 9.19. The molecule has 2 N–H and O–H groups in total. The van der Waals surface area contributed by atoms with Gasteiger partial charge in [0.25, 0.3) is 0 Å². The van der Waals surface area contributed by atoms with E-state index in [1.807, 2.05) is 39.8 Å². The van der Waals surface area contributed by atoms with E-state index in [2.05, 4.69) is 4.98 Å². The van der Waals surface area contributed by atoms with E-state index in [1.165, 1.54) is 0 Å². The summed E-state index contributed by atoms with van der Waals surface area (Å²) < 4.78 is 11.1. The van der Waals surface area contributed by atoms with Crippen LogP contribution < -0.4 is 5.73 Å². The van der Waals surface area contributed by atoms with E-state index < -0.39 is 12.3 Å². The summed E-state index contributed by atoms with van der Waals surface area (Å²) in [5, 5.41) is 0. The highest BCUT2D eigenvalue weighted by Gasteiger charge is 2.26. The van der Waals surface area contributed by atoms with Gasteiger partial charge < -0.3 is 20.1 Å². The van der Waals surface area contributed by atoms with Crippen LogP contribution in [0.3, 0.4) is 0 Å². The minimum Gasteiger partial charge on any atom is -0.351 e. The highest BCUT2D eigenvalue weighted by atomic mass is 16.7. The van der Waals surface area contributed by atoms with Gasteiger partial charge in [0.2, 0.25) is 5.91 Å². The third kappa shape index (κ3) is 6.64. The maximum Gasteiger partial charge on any atom is 0.240 e. The van der Waals surface area contributed by atoms with Crippen LogP contribution in [-0.2, 0) is 20.7 Å². The predicted molar refractivity (Wildman–Crippen MR) is 89.8 cm³/mol. The Balaban J connectivity index is 2.72. The summed E-state index contributed by atoms with van der Waals surface area (Å²) >= 11 is 0. The lowest BCUT2D eigenvalue weighted by atomic mass is 10.1. The van der Waals surface area contributed by atoms with Crippen molar-refractivity contribution >= 4 is 5.91 Å². The second-order valence-corrected chi connectivity index (χ2v) is 5.59. The van der Waals surface area contributed by atoms with E-state index in [0.717, 1.165) is 5.56 Å².